The molecule has 1 fully saturated rings. The van der Waals surface area contributed by atoms with E-state index >= 15 is 0 Å². The smallest absolute Gasteiger partial charge is 0.294 e. The minimum Gasteiger partial charge on any atom is -0.294 e. The number of rotatable bonds is 2. The van der Waals surface area contributed by atoms with Gasteiger partial charge in [0.25, 0.3) is 0 Å². The Balaban J connectivity index is 2.71. The molecule has 60 valence electrons. The van der Waals surface area contributed by atoms with Crippen LogP contribution in [0.15, 0.2) is 0 Å². The summed E-state index contributed by atoms with van der Waals surface area (Å²) in [5.74, 6) is -1.17. The lowest BCUT2D eigenvalue weighted by molar-refractivity contribution is -0.140. The van der Waals surface area contributed by atoms with Crippen molar-refractivity contribution in [3.63, 3.8) is 0 Å². The van der Waals surface area contributed by atoms with Crippen molar-refractivity contribution in [1.82, 2.24) is 10.2 Å². The Kier molecular flexibility index (Phi) is 2.19. The summed E-state index contributed by atoms with van der Waals surface area (Å²) in [7, 11) is 0. The third-order valence-corrected chi connectivity index (χ3v) is 1.67. The Morgan fingerprint density at radius 1 is 1.55 bits per heavy atom. The maximum atomic E-state index is 10.9. The van der Waals surface area contributed by atoms with Crippen LogP contribution >= 0.6 is 12.2 Å². The van der Waals surface area contributed by atoms with Crippen molar-refractivity contribution < 1.29 is 9.59 Å². The summed E-state index contributed by atoms with van der Waals surface area (Å²) in [5, 5.41) is 2.49. The molecule has 0 spiro atoms. The number of carbonyl (C=O) groups excluding carboxylic acids is 2. The molecule has 0 unspecified atom stereocenters. The number of hydrogen-bond donors (Lipinski definition) is 1. The summed E-state index contributed by atoms with van der Waals surface area (Å²) in [6.07, 6.45) is 0.793. The third kappa shape index (κ3) is 1.37. The highest BCUT2D eigenvalue weighted by molar-refractivity contribution is 7.80. The van der Waals surface area contributed by atoms with Gasteiger partial charge < -0.3 is 0 Å². The zero-order valence-corrected chi connectivity index (χ0v) is 6.90. The molecule has 0 saturated carbocycles. The van der Waals surface area contributed by atoms with Crippen LogP contribution in [0.1, 0.15) is 13.3 Å². The molecule has 1 aliphatic rings. The maximum Gasteiger partial charge on any atom is 0.318 e. The molecule has 11 heavy (non-hydrogen) atoms. The molecule has 4 nitrogen and oxygen atoms in total. The zero-order chi connectivity index (χ0) is 8.43. The van der Waals surface area contributed by atoms with Crippen molar-refractivity contribution in [2.75, 3.05) is 6.54 Å². The van der Waals surface area contributed by atoms with Gasteiger partial charge in [0, 0.05) is 6.54 Å². The highest BCUT2D eigenvalue weighted by Crippen LogP contribution is 2.00. The van der Waals surface area contributed by atoms with Gasteiger partial charge in [-0.05, 0) is 18.6 Å². The number of amides is 2. The fourth-order valence-corrected chi connectivity index (χ4v) is 1.13. The number of nitrogens with zero attached hydrogens (tertiary/aromatic N) is 1. The van der Waals surface area contributed by atoms with Gasteiger partial charge >= 0.3 is 11.8 Å². The first-order valence-electron chi connectivity index (χ1n) is 3.33. The normalized spacial score (nSPS) is 17.5. The highest BCUT2D eigenvalue weighted by atomic mass is 32.1. The average Bonchev–Trinajstić information content (AvgIpc) is 2.17. The van der Waals surface area contributed by atoms with Crippen molar-refractivity contribution in [3.05, 3.63) is 0 Å². The molecule has 1 N–H and O–H groups in total. The Morgan fingerprint density at radius 2 is 2.18 bits per heavy atom. The van der Waals surface area contributed by atoms with Crippen LogP contribution in [-0.4, -0.2) is 28.4 Å². The lowest BCUT2D eigenvalue weighted by atomic mass is 10.4. The second-order valence-electron chi connectivity index (χ2n) is 2.22. The Hall–Kier alpha value is -0.970. The van der Waals surface area contributed by atoms with E-state index in [-0.39, 0.29) is 5.11 Å². The minimum absolute atomic E-state index is 0.224. The molecule has 0 bridgehead atoms. The maximum absolute atomic E-state index is 10.9. The van der Waals surface area contributed by atoms with Crippen LogP contribution in [0.5, 0.6) is 0 Å². The van der Waals surface area contributed by atoms with E-state index in [0.29, 0.717) is 6.54 Å². The molecule has 1 aliphatic heterocycles. The predicted molar refractivity (Wildman–Crippen MR) is 42.7 cm³/mol. The van der Waals surface area contributed by atoms with E-state index in [4.69, 9.17) is 12.2 Å². The Morgan fingerprint density at radius 3 is 2.55 bits per heavy atom. The molecule has 1 saturated heterocycles. The Labute approximate surface area is 69.5 Å². The molecule has 5 heteroatoms. The van der Waals surface area contributed by atoms with Crippen molar-refractivity contribution in [2.45, 2.75) is 13.3 Å². The molecule has 0 aliphatic carbocycles. The Bertz CT molecular complexity index is 227. The van der Waals surface area contributed by atoms with Gasteiger partial charge in [-0.3, -0.25) is 19.8 Å². The summed E-state index contributed by atoms with van der Waals surface area (Å²) in [6.45, 7) is 2.43. The van der Waals surface area contributed by atoms with E-state index in [0.717, 1.165) is 6.42 Å². The summed E-state index contributed by atoms with van der Waals surface area (Å²) in [5.41, 5.74) is 0. The molecule has 1 rings (SSSR count). The second-order valence-corrected chi connectivity index (χ2v) is 2.60. The molecular formula is C6H8N2O2S. The fraction of sp³-hybridized carbons (Fsp3) is 0.500. The van der Waals surface area contributed by atoms with E-state index in [9.17, 15) is 9.59 Å². The van der Waals surface area contributed by atoms with E-state index in [1.165, 1.54) is 4.90 Å². The van der Waals surface area contributed by atoms with Crippen molar-refractivity contribution in [2.24, 2.45) is 0 Å². The van der Waals surface area contributed by atoms with Gasteiger partial charge in [0.05, 0.1) is 0 Å². The highest BCUT2D eigenvalue weighted by Gasteiger charge is 2.32. The molecule has 0 atom stereocenters. The van der Waals surface area contributed by atoms with Gasteiger partial charge in [-0.15, -0.1) is 0 Å². The summed E-state index contributed by atoms with van der Waals surface area (Å²) < 4.78 is 0. The molecule has 1 heterocycles. The molecule has 0 aromatic carbocycles. The molecular weight excluding hydrogens is 164 g/mol. The van der Waals surface area contributed by atoms with Gasteiger partial charge in [-0.25, -0.2) is 0 Å². The predicted octanol–water partition coefficient (Wildman–Crippen LogP) is -0.360. The lowest BCUT2D eigenvalue weighted by Crippen LogP contribution is -2.31. The van der Waals surface area contributed by atoms with Gasteiger partial charge in [0.2, 0.25) is 0 Å². The van der Waals surface area contributed by atoms with Crippen molar-refractivity contribution in [1.29, 1.82) is 0 Å². The lowest BCUT2D eigenvalue weighted by Gasteiger charge is -2.10. The summed E-state index contributed by atoms with van der Waals surface area (Å²) in [6, 6.07) is 0. The quantitative estimate of drug-likeness (QED) is 0.457. The molecule has 2 amide bonds. The molecule has 0 aromatic rings. The van der Waals surface area contributed by atoms with Gasteiger partial charge in [0.15, 0.2) is 5.11 Å². The number of carbonyl (C=O) groups is 2. The van der Waals surface area contributed by atoms with E-state index in [1.54, 1.807) is 0 Å². The first kappa shape index (κ1) is 8.13. The van der Waals surface area contributed by atoms with E-state index < -0.39 is 11.8 Å². The summed E-state index contributed by atoms with van der Waals surface area (Å²) >= 11 is 4.73. The van der Waals surface area contributed by atoms with Gasteiger partial charge in [-0.2, -0.15) is 0 Å². The zero-order valence-electron chi connectivity index (χ0n) is 6.09. The number of thiocarbonyl (C=S) groups is 1. The van der Waals surface area contributed by atoms with Crippen LogP contribution in [-0.2, 0) is 9.59 Å². The van der Waals surface area contributed by atoms with E-state index in [1.807, 2.05) is 6.92 Å². The van der Waals surface area contributed by atoms with Gasteiger partial charge in [-0.1, -0.05) is 6.92 Å². The van der Waals surface area contributed by atoms with Crippen LogP contribution < -0.4 is 5.32 Å². The monoisotopic (exact) mass is 172 g/mol. The minimum atomic E-state index is -0.622. The standard InChI is InChI=1S/C6H8N2O2S/c1-2-3-8-5(10)4(9)7-6(8)11/h2-3H2,1H3,(H,7,9,11). The van der Waals surface area contributed by atoms with Crippen LogP contribution in [0.25, 0.3) is 0 Å². The van der Waals surface area contributed by atoms with Crippen LogP contribution in [0, 0.1) is 0 Å². The number of hydrogen-bond acceptors (Lipinski definition) is 3. The van der Waals surface area contributed by atoms with E-state index in [2.05, 4.69) is 5.32 Å². The van der Waals surface area contributed by atoms with Crippen LogP contribution in [0.2, 0.25) is 0 Å². The van der Waals surface area contributed by atoms with Crippen molar-refractivity contribution >= 4 is 29.1 Å². The average molecular weight is 172 g/mol. The fourth-order valence-electron chi connectivity index (χ4n) is 0.860. The van der Waals surface area contributed by atoms with Crippen LogP contribution in [0.3, 0.4) is 0 Å². The van der Waals surface area contributed by atoms with Crippen molar-refractivity contribution in [3.8, 4) is 0 Å². The number of nitrogens with one attached hydrogen (secondary N) is 1. The first-order valence-corrected chi connectivity index (χ1v) is 3.74. The molecule has 0 radical (unpaired) electrons. The second kappa shape index (κ2) is 2.96. The van der Waals surface area contributed by atoms with Crippen LogP contribution in [0.4, 0.5) is 0 Å². The SMILES string of the molecule is CCCN1C(=O)C(=O)NC1=S. The van der Waals surface area contributed by atoms with Gasteiger partial charge in [0.1, 0.15) is 0 Å². The summed E-state index contributed by atoms with van der Waals surface area (Å²) in [4.78, 5) is 22.9. The third-order valence-electron chi connectivity index (χ3n) is 1.35. The largest absolute Gasteiger partial charge is 0.318 e. The first-order chi connectivity index (χ1) is 5.16. The molecule has 0 aromatic heterocycles. The topological polar surface area (TPSA) is 49.4 Å².